The van der Waals surface area contributed by atoms with Crippen LogP contribution in [0.1, 0.15) is 5.56 Å². The Kier molecular flexibility index (Phi) is 3.44. The van der Waals surface area contributed by atoms with Gasteiger partial charge in [-0.05, 0) is 39.9 Å². The van der Waals surface area contributed by atoms with Gasteiger partial charge in [0.2, 0.25) is 0 Å². The van der Waals surface area contributed by atoms with E-state index in [2.05, 4.69) is 97.9 Å². The minimum absolute atomic E-state index is 1.26. The molecular weight excluding hydrogens is 276 g/mol. The maximum Gasteiger partial charge on any atom is -0.00992 e. The average Bonchev–Trinajstić information content (AvgIpc) is 2.62. The van der Waals surface area contributed by atoms with Crippen LogP contribution in [0.15, 0.2) is 91.0 Å². The molecule has 4 rings (SSSR count). The minimum atomic E-state index is 1.26. The lowest BCUT2D eigenvalue weighted by Gasteiger charge is -2.13. The molecule has 0 spiro atoms. The normalized spacial score (nSPS) is 10.8. The van der Waals surface area contributed by atoms with Gasteiger partial charge in [-0.1, -0.05) is 96.6 Å². The van der Waals surface area contributed by atoms with Crippen molar-refractivity contribution in [3.63, 3.8) is 0 Å². The van der Waals surface area contributed by atoms with Crippen LogP contribution in [-0.4, -0.2) is 0 Å². The molecule has 0 radical (unpaired) electrons. The SMILES string of the molecule is Cc1ccc(-c2ccccc2-c2cccc3ccccc23)cc1. The van der Waals surface area contributed by atoms with E-state index in [1.165, 1.54) is 38.6 Å². The molecule has 4 aromatic rings. The summed E-state index contributed by atoms with van der Waals surface area (Å²) in [6.45, 7) is 2.13. The Morgan fingerprint density at radius 3 is 1.91 bits per heavy atom. The predicted molar refractivity (Wildman–Crippen MR) is 99.6 cm³/mol. The van der Waals surface area contributed by atoms with Gasteiger partial charge in [-0.2, -0.15) is 0 Å². The fourth-order valence-corrected chi connectivity index (χ4v) is 3.16. The van der Waals surface area contributed by atoms with Gasteiger partial charge in [0.05, 0.1) is 0 Å². The molecule has 0 bridgehead atoms. The van der Waals surface area contributed by atoms with E-state index in [1.807, 2.05) is 0 Å². The third-order valence-corrected chi connectivity index (χ3v) is 4.37. The van der Waals surface area contributed by atoms with E-state index < -0.39 is 0 Å². The largest absolute Gasteiger partial charge is 0.0616 e. The molecule has 110 valence electrons. The summed E-state index contributed by atoms with van der Waals surface area (Å²) in [7, 11) is 0. The first-order valence-electron chi connectivity index (χ1n) is 7.97. The molecule has 0 aliphatic heterocycles. The quantitative estimate of drug-likeness (QED) is 0.397. The van der Waals surface area contributed by atoms with Crippen LogP contribution in [-0.2, 0) is 0 Å². The second-order valence-corrected chi connectivity index (χ2v) is 5.94. The minimum Gasteiger partial charge on any atom is -0.0616 e. The van der Waals surface area contributed by atoms with Gasteiger partial charge < -0.3 is 0 Å². The van der Waals surface area contributed by atoms with E-state index in [1.54, 1.807) is 0 Å². The third-order valence-electron chi connectivity index (χ3n) is 4.37. The molecule has 0 aromatic heterocycles. The number of hydrogen-bond acceptors (Lipinski definition) is 0. The molecule has 0 fully saturated rings. The Bertz CT molecular complexity index is 957. The van der Waals surface area contributed by atoms with Crippen molar-refractivity contribution in [1.29, 1.82) is 0 Å². The number of hydrogen-bond donors (Lipinski definition) is 0. The van der Waals surface area contributed by atoms with Crippen LogP contribution < -0.4 is 0 Å². The van der Waals surface area contributed by atoms with Gasteiger partial charge in [0.1, 0.15) is 0 Å². The van der Waals surface area contributed by atoms with Gasteiger partial charge in [0.25, 0.3) is 0 Å². The zero-order valence-electron chi connectivity index (χ0n) is 13.2. The highest BCUT2D eigenvalue weighted by molar-refractivity contribution is 6.00. The van der Waals surface area contributed by atoms with Crippen LogP contribution in [0.3, 0.4) is 0 Å². The number of aryl methyl sites for hydroxylation is 1. The second-order valence-electron chi connectivity index (χ2n) is 5.94. The van der Waals surface area contributed by atoms with Crippen molar-refractivity contribution >= 4 is 10.8 Å². The summed E-state index contributed by atoms with van der Waals surface area (Å²) >= 11 is 0. The van der Waals surface area contributed by atoms with Crippen LogP contribution in [0.25, 0.3) is 33.0 Å². The van der Waals surface area contributed by atoms with Crippen LogP contribution in [0.2, 0.25) is 0 Å². The van der Waals surface area contributed by atoms with Gasteiger partial charge in [-0.3, -0.25) is 0 Å². The van der Waals surface area contributed by atoms with Crippen LogP contribution in [0.5, 0.6) is 0 Å². The number of fused-ring (bicyclic) bond motifs is 1. The van der Waals surface area contributed by atoms with Crippen molar-refractivity contribution in [3.8, 4) is 22.3 Å². The molecule has 0 aliphatic rings. The molecule has 0 N–H and O–H groups in total. The molecule has 0 unspecified atom stereocenters. The van der Waals surface area contributed by atoms with Gasteiger partial charge in [-0.25, -0.2) is 0 Å². The lowest BCUT2D eigenvalue weighted by molar-refractivity contribution is 1.47. The summed E-state index contributed by atoms with van der Waals surface area (Å²) in [4.78, 5) is 0. The van der Waals surface area contributed by atoms with Crippen molar-refractivity contribution in [1.82, 2.24) is 0 Å². The Morgan fingerprint density at radius 2 is 1.09 bits per heavy atom. The molecule has 0 saturated heterocycles. The summed E-state index contributed by atoms with van der Waals surface area (Å²) in [6, 6.07) is 32.6. The molecule has 0 saturated carbocycles. The standard InChI is InChI=1S/C23H18/c1-17-13-15-19(16-14-17)21-10-4-5-11-22(21)23-12-6-8-18-7-2-3-9-20(18)23/h2-16H,1H3. The average molecular weight is 294 g/mol. The molecule has 23 heavy (non-hydrogen) atoms. The molecule has 0 amide bonds. The van der Waals surface area contributed by atoms with E-state index in [4.69, 9.17) is 0 Å². The van der Waals surface area contributed by atoms with Crippen molar-refractivity contribution in [2.24, 2.45) is 0 Å². The lowest BCUT2D eigenvalue weighted by Crippen LogP contribution is -1.87. The number of rotatable bonds is 2. The van der Waals surface area contributed by atoms with E-state index in [0.29, 0.717) is 0 Å². The third kappa shape index (κ3) is 2.53. The Labute approximate surface area is 137 Å². The molecule has 0 nitrogen and oxygen atoms in total. The predicted octanol–water partition coefficient (Wildman–Crippen LogP) is 6.48. The molecule has 4 aromatic carbocycles. The van der Waals surface area contributed by atoms with Gasteiger partial charge >= 0.3 is 0 Å². The maximum absolute atomic E-state index is 2.22. The smallest absolute Gasteiger partial charge is 0.00992 e. The molecule has 0 heterocycles. The Morgan fingerprint density at radius 1 is 0.478 bits per heavy atom. The van der Waals surface area contributed by atoms with Crippen molar-refractivity contribution < 1.29 is 0 Å². The molecule has 0 atom stereocenters. The van der Waals surface area contributed by atoms with E-state index in [0.717, 1.165) is 0 Å². The molecule has 0 heteroatoms. The first kappa shape index (κ1) is 13.8. The maximum atomic E-state index is 2.22. The van der Waals surface area contributed by atoms with E-state index >= 15 is 0 Å². The van der Waals surface area contributed by atoms with Crippen molar-refractivity contribution in [2.75, 3.05) is 0 Å². The summed E-state index contributed by atoms with van der Waals surface area (Å²) in [5.74, 6) is 0. The molecular formula is C23H18. The summed E-state index contributed by atoms with van der Waals surface area (Å²) in [5, 5.41) is 2.58. The fraction of sp³-hybridized carbons (Fsp3) is 0.0435. The lowest BCUT2D eigenvalue weighted by atomic mass is 9.91. The monoisotopic (exact) mass is 294 g/mol. The van der Waals surface area contributed by atoms with Crippen molar-refractivity contribution in [2.45, 2.75) is 6.92 Å². The highest BCUT2D eigenvalue weighted by Crippen LogP contribution is 2.36. The van der Waals surface area contributed by atoms with Crippen LogP contribution in [0, 0.1) is 6.92 Å². The summed E-state index contributed by atoms with van der Waals surface area (Å²) in [6.07, 6.45) is 0. The second kappa shape index (κ2) is 5.73. The van der Waals surface area contributed by atoms with E-state index in [9.17, 15) is 0 Å². The highest BCUT2D eigenvalue weighted by Gasteiger charge is 2.09. The van der Waals surface area contributed by atoms with Gasteiger partial charge in [0, 0.05) is 0 Å². The Balaban J connectivity index is 1.97. The Hall–Kier alpha value is -2.86. The van der Waals surface area contributed by atoms with Crippen molar-refractivity contribution in [3.05, 3.63) is 96.6 Å². The summed E-state index contributed by atoms with van der Waals surface area (Å²) in [5.41, 5.74) is 6.41. The number of benzene rings is 4. The van der Waals surface area contributed by atoms with Crippen LogP contribution in [0.4, 0.5) is 0 Å². The first-order chi connectivity index (χ1) is 11.3. The zero-order chi connectivity index (χ0) is 15.6. The summed E-state index contributed by atoms with van der Waals surface area (Å²) < 4.78 is 0. The van der Waals surface area contributed by atoms with Gasteiger partial charge in [-0.15, -0.1) is 0 Å². The topological polar surface area (TPSA) is 0 Å². The first-order valence-corrected chi connectivity index (χ1v) is 7.97. The van der Waals surface area contributed by atoms with Gasteiger partial charge in [0.15, 0.2) is 0 Å². The fourth-order valence-electron chi connectivity index (χ4n) is 3.16. The zero-order valence-corrected chi connectivity index (χ0v) is 13.2. The van der Waals surface area contributed by atoms with Crippen LogP contribution >= 0.6 is 0 Å². The highest BCUT2D eigenvalue weighted by atomic mass is 14.1. The molecule has 0 aliphatic carbocycles. The van der Waals surface area contributed by atoms with E-state index in [-0.39, 0.29) is 0 Å².